The smallest absolute Gasteiger partial charge is 0.247 e. The van der Waals surface area contributed by atoms with Gasteiger partial charge in [0, 0.05) is 12.7 Å². The Kier molecular flexibility index (Phi) is 5.83. The van der Waals surface area contributed by atoms with Gasteiger partial charge >= 0.3 is 0 Å². The van der Waals surface area contributed by atoms with Crippen LogP contribution < -0.4 is 14.4 Å². The molecule has 1 atom stereocenters. The molecule has 1 aromatic rings. The lowest BCUT2D eigenvalue weighted by Gasteiger charge is -2.32. The number of hydrogen-bond donors (Lipinski definition) is 1. The second kappa shape index (κ2) is 7.90. The van der Waals surface area contributed by atoms with Gasteiger partial charge in [0.05, 0.1) is 40.4 Å². The molecule has 0 aliphatic carbocycles. The van der Waals surface area contributed by atoms with Crippen molar-refractivity contribution in [3.63, 3.8) is 0 Å². The Hall–Kier alpha value is -1.35. The minimum absolute atomic E-state index is 0.164. The number of sulfonamides is 1. The summed E-state index contributed by atoms with van der Waals surface area (Å²) in [5, 5.41) is 0. The number of nitrogens with one attached hydrogen (secondary N) is 1. The number of piperazine rings is 1. The number of methoxy groups -OCH3 is 2. The third-order valence-electron chi connectivity index (χ3n) is 4.96. The van der Waals surface area contributed by atoms with E-state index in [4.69, 9.17) is 14.2 Å². The van der Waals surface area contributed by atoms with Crippen LogP contribution in [0.5, 0.6) is 11.5 Å². The highest BCUT2D eigenvalue weighted by Crippen LogP contribution is 2.30. The zero-order valence-electron chi connectivity index (χ0n) is 14.9. The van der Waals surface area contributed by atoms with Gasteiger partial charge in [-0.25, -0.2) is 8.42 Å². The predicted octanol–water partition coefficient (Wildman–Crippen LogP) is -0.228. The minimum Gasteiger partial charge on any atom is -0.497 e. The van der Waals surface area contributed by atoms with E-state index in [-0.39, 0.29) is 4.90 Å². The average molecular weight is 371 g/mol. The standard InChI is InChI=1S/C17H26N2O5S/c1-22-14-5-6-16(23-2)17(12-14)25(20,21)19-9-7-18(8-10-19)13-15-4-3-11-24-15/h5-6,12,15H,3-4,7-11,13H2,1-2H3/p+1/t15-/m1/s1. The molecule has 1 N–H and O–H groups in total. The molecule has 3 rings (SSSR count). The summed E-state index contributed by atoms with van der Waals surface area (Å²) < 4.78 is 43.7. The summed E-state index contributed by atoms with van der Waals surface area (Å²) in [6.45, 7) is 4.43. The van der Waals surface area contributed by atoms with Gasteiger partial charge in [-0.1, -0.05) is 0 Å². The van der Waals surface area contributed by atoms with Gasteiger partial charge in [0.1, 0.15) is 29.0 Å². The molecular weight excluding hydrogens is 344 g/mol. The van der Waals surface area contributed by atoms with Crippen LogP contribution in [0.15, 0.2) is 23.1 Å². The highest BCUT2D eigenvalue weighted by atomic mass is 32.2. The highest BCUT2D eigenvalue weighted by molar-refractivity contribution is 7.89. The number of benzene rings is 1. The van der Waals surface area contributed by atoms with E-state index in [2.05, 4.69) is 0 Å². The first-order chi connectivity index (χ1) is 12.0. The maximum atomic E-state index is 13.0. The monoisotopic (exact) mass is 371 g/mol. The van der Waals surface area contributed by atoms with E-state index in [0.29, 0.717) is 30.7 Å². The molecule has 0 amide bonds. The van der Waals surface area contributed by atoms with E-state index >= 15 is 0 Å². The van der Waals surface area contributed by atoms with Crippen LogP contribution in [0.4, 0.5) is 0 Å². The van der Waals surface area contributed by atoms with Gasteiger partial charge in [0.2, 0.25) is 10.0 Å². The molecule has 2 saturated heterocycles. The van der Waals surface area contributed by atoms with E-state index in [0.717, 1.165) is 39.1 Å². The van der Waals surface area contributed by atoms with Crippen molar-refractivity contribution < 1.29 is 27.5 Å². The first kappa shape index (κ1) is 18.4. The third-order valence-corrected chi connectivity index (χ3v) is 6.88. The van der Waals surface area contributed by atoms with Crippen molar-refractivity contribution in [3.05, 3.63) is 18.2 Å². The molecule has 8 heteroatoms. The molecule has 0 aromatic heterocycles. The Morgan fingerprint density at radius 3 is 2.60 bits per heavy atom. The first-order valence-corrected chi connectivity index (χ1v) is 10.2. The number of hydrogen-bond acceptors (Lipinski definition) is 5. The lowest BCUT2D eigenvalue weighted by Crippen LogP contribution is -3.15. The van der Waals surface area contributed by atoms with Crippen LogP contribution in [-0.2, 0) is 14.8 Å². The van der Waals surface area contributed by atoms with E-state index in [1.807, 2.05) is 0 Å². The maximum absolute atomic E-state index is 13.0. The lowest BCUT2D eigenvalue weighted by molar-refractivity contribution is -0.906. The largest absolute Gasteiger partial charge is 0.497 e. The Labute approximate surface area is 149 Å². The summed E-state index contributed by atoms with van der Waals surface area (Å²) in [6, 6.07) is 4.85. The topological polar surface area (TPSA) is 69.5 Å². The van der Waals surface area contributed by atoms with E-state index in [1.165, 1.54) is 25.2 Å². The summed E-state index contributed by atoms with van der Waals surface area (Å²) >= 11 is 0. The molecule has 7 nitrogen and oxygen atoms in total. The molecule has 0 radical (unpaired) electrons. The molecule has 0 spiro atoms. The van der Waals surface area contributed by atoms with Crippen LogP contribution in [0.25, 0.3) is 0 Å². The zero-order chi connectivity index (χ0) is 17.9. The lowest BCUT2D eigenvalue weighted by atomic mass is 10.2. The Balaban J connectivity index is 1.69. The van der Waals surface area contributed by atoms with Crippen molar-refractivity contribution in [2.75, 3.05) is 53.6 Å². The van der Waals surface area contributed by atoms with Gasteiger partial charge in [-0.2, -0.15) is 4.31 Å². The minimum atomic E-state index is -3.60. The number of rotatable bonds is 6. The maximum Gasteiger partial charge on any atom is 0.247 e. The molecule has 2 aliphatic rings. The van der Waals surface area contributed by atoms with Gasteiger partial charge in [-0.15, -0.1) is 0 Å². The van der Waals surface area contributed by atoms with Crippen molar-refractivity contribution >= 4 is 10.0 Å². The van der Waals surface area contributed by atoms with Crippen LogP contribution in [0.2, 0.25) is 0 Å². The third kappa shape index (κ3) is 4.08. The van der Waals surface area contributed by atoms with Crippen molar-refractivity contribution in [1.29, 1.82) is 0 Å². The van der Waals surface area contributed by atoms with Crippen molar-refractivity contribution in [2.24, 2.45) is 0 Å². The molecule has 2 fully saturated rings. The summed E-state index contributed by atoms with van der Waals surface area (Å²) in [5.41, 5.74) is 0. The Morgan fingerprint density at radius 1 is 1.24 bits per heavy atom. The summed E-state index contributed by atoms with van der Waals surface area (Å²) in [4.78, 5) is 1.58. The first-order valence-electron chi connectivity index (χ1n) is 8.72. The fourth-order valence-corrected chi connectivity index (χ4v) is 5.11. The summed E-state index contributed by atoms with van der Waals surface area (Å²) in [6.07, 6.45) is 2.58. The molecule has 2 aliphatic heterocycles. The molecular formula is C17H27N2O5S+. The second-order valence-corrected chi connectivity index (χ2v) is 8.42. The fourth-order valence-electron chi connectivity index (χ4n) is 3.50. The average Bonchev–Trinajstić information content (AvgIpc) is 3.14. The molecule has 0 saturated carbocycles. The number of nitrogens with zero attached hydrogens (tertiary/aromatic N) is 1. The predicted molar refractivity (Wildman–Crippen MR) is 92.8 cm³/mol. The van der Waals surface area contributed by atoms with Crippen LogP contribution >= 0.6 is 0 Å². The van der Waals surface area contributed by atoms with E-state index in [1.54, 1.807) is 16.4 Å². The SMILES string of the molecule is COc1ccc(OC)c(S(=O)(=O)N2CC[NH+](C[C@H]3CCCO3)CC2)c1. The van der Waals surface area contributed by atoms with Crippen molar-refractivity contribution in [2.45, 2.75) is 23.8 Å². The van der Waals surface area contributed by atoms with Crippen molar-refractivity contribution in [3.8, 4) is 11.5 Å². The molecule has 2 heterocycles. The molecule has 0 unspecified atom stereocenters. The van der Waals surface area contributed by atoms with Crippen molar-refractivity contribution in [1.82, 2.24) is 4.31 Å². The number of ether oxygens (including phenoxy) is 3. The molecule has 0 bridgehead atoms. The summed E-state index contributed by atoms with van der Waals surface area (Å²) in [5.74, 6) is 0.844. The Morgan fingerprint density at radius 2 is 2.00 bits per heavy atom. The normalized spacial score (nSPS) is 22.9. The molecule has 1 aromatic carbocycles. The Bertz CT molecular complexity index is 680. The van der Waals surface area contributed by atoms with Crippen LogP contribution in [0.1, 0.15) is 12.8 Å². The van der Waals surface area contributed by atoms with Gasteiger partial charge in [-0.05, 0) is 25.0 Å². The van der Waals surface area contributed by atoms with E-state index in [9.17, 15) is 8.42 Å². The van der Waals surface area contributed by atoms with Gasteiger partial charge in [0.25, 0.3) is 0 Å². The van der Waals surface area contributed by atoms with Gasteiger partial charge in [0.15, 0.2) is 0 Å². The van der Waals surface area contributed by atoms with Crippen LogP contribution in [0, 0.1) is 0 Å². The summed E-state index contributed by atoms with van der Waals surface area (Å²) in [7, 11) is -0.608. The zero-order valence-corrected chi connectivity index (χ0v) is 15.7. The van der Waals surface area contributed by atoms with Gasteiger partial charge < -0.3 is 19.1 Å². The van der Waals surface area contributed by atoms with Gasteiger partial charge in [-0.3, -0.25) is 0 Å². The van der Waals surface area contributed by atoms with Crippen LogP contribution in [0.3, 0.4) is 0 Å². The fraction of sp³-hybridized carbons (Fsp3) is 0.647. The van der Waals surface area contributed by atoms with E-state index < -0.39 is 10.0 Å². The van der Waals surface area contributed by atoms with Crippen LogP contribution in [-0.4, -0.2) is 72.4 Å². The second-order valence-electron chi connectivity index (χ2n) is 6.51. The number of quaternary nitrogens is 1. The quantitative estimate of drug-likeness (QED) is 0.748. The molecule has 25 heavy (non-hydrogen) atoms. The molecule has 140 valence electrons. The highest BCUT2D eigenvalue weighted by Gasteiger charge is 2.34.